The van der Waals surface area contributed by atoms with E-state index in [1.807, 2.05) is 48.0 Å². The fraction of sp³-hybridized carbons (Fsp3) is 0.263. The van der Waals surface area contributed by atoms with Crippen molar-refractivity contribution >= 4 is 39.2 Å². The molecule has 7 heteroatoms. The topological polar surface area (TPSA) is 52.8 Å². The molecular formula is C19H20N2O3S2. The van der Waals surface area contributed by atoms with Gasteiger partial charge in [-0.1, -0.05) is 18.3 Å². The predicted molar refractivity (Wildman–Crippen MR) is 107 cm³/mol. The molecule has 1 heterocycles. The molecule has 3 aromatic rings. The summed E-state index contributed by atoms with van der Waals surface area (Å²) in [7, 11) is 5.11. The number of benzene rings is 2. The number of nitrogens with zero attached hydrogens (tertiary/aromatic N) is 2. The number of methoxy groups -OCH3 is 2. The van der Waals surface area contributed by atoms with Crippen molar-refractivity contribution in [2.75, 3.05) is 20.0 Å². The lowest BCUT2D eigenvalue weighted by Crippen LogP contribution is -2.13. The van der Waals surface area contributed by atoms with Gasteiger partial charge in [0.2, 0.25) is 0 Å². The number of carbonyl (C=O) groups is 1. The molecule has 2 aromatic carbocycles. The third kappa shape index (κ3) is 3.50. The Labute approximate surface area is 160 Å². The molecule has 26 heavy (non-hydrogen) atoms. The van der Waals surface area contributed by atoms with Gasteiger partial charge in [0.1, 0.15) is 21.7 Å². The number of rotatable bonds is 5. The molecular weight excluding hydrogens is 368 g/mol. The van der Waals surface area contributed by atoms with E-state index in [2.05, 4.69) is 11.9 Å². The standard InChI is InChI=1S/C19H20N2O3S2/c1-5-25-13-8-6-12(7-9-13)18(22)20-19-21(2)16-14(23-3)10-11-15(24-4)17(16)26-19/h6-11H,5H2,1-4H3. The van der Waals surface area contributed by atoms with E-state index in [0.717, 1.165) is 32.4 Å². The average Bonchev–Trinajstić information content (AvgIpc) is 2.98. The molecule has 3 rings (SSSR count). The Morgan fingerprint density at radius 2 is 1.77 bits per heavy atom. The molecule has 0 atom stereocenters. The van der Waals surface area contributed by atoms with Crippen molar-refractivity contribution in [2.45, 2.75) is 11.8 Å². The van der Waals surface area contributed by atoms with E-state index in [-0.39, 0.29) is 5.91 Å². The molecule has 0 saturated heterocycles. The minimum atomic E-state index is -0.266. The van der Waals surface area contributed by atoms with Crippen LogP contribution in [0.3, 0.4) is 0 Å². The van der Waals surface area contributed by atoms with Crippen LogP contribution in [-0.4, -0.2) is 30.4 Å². The minimum absolute atomic E-state index is 0.266. The van der Waals surface area contributed by atoms with Crippen LogP contribution in [0.1, 0.15) is 17.3 Å². The van der Waals surface area contributed by atoms with Crippen molar-refractivity contribution < 1.29 is 14.3 Å². The zero-order chi connectivity index (χ0) is 18.7. The summed E-state index contributed by atoms with van der Waals surface area (Å²) in [6.07, 6.45) is 0. The maximum atomic E-state index is 12.6. The van der Waals surface area contributed by atoms with Crippen LogP contribution in [-0.2, 0) is 7.05 Å². The van der Waals surface area contributed by atoms with Crippen LogP contribution in [0.5, 0.6) is 11.5 Å². The van der Waals surface area contributed by atoms with Gasteiger partial charge in [-0.05, 0) is 42.2 Å². The molecule has 0 N–H and O–H groups in total. The number of thiazole rings is 1. The van der Waals surface area contributed by atoms with E-state index in [4.69, 9.17) is 9.47 Å². The molecule has 5 nitrogen and oxygen atoms in total. The Morgan fingerprint density at radius 1 is 1.12 bits per heavy atom. The van der Waals surface area contributed by atoms with Gasteiger partial charge in [0.05, 0.1) is 14.2 Å². The number of amides is 1. The zero-order valence-electron chi connectivity index (χ0n) is 15.1. The lowest BCUT2D eigenvalue weighted by molar-refractivity contribution is 0.0998. The van der Waals surface area contributed by atoms with Gasteiger partial charge < -0.3 is 14.0 Å². The summed E-state index contributed by atoms with van der Waals surface area (Å²) >= 11 is 3.15. The van der Waals surface area contributed by atoms with E-state index in [9.17, 15) is 4.79 Å². The first-order valence-corrected chi connectivity index (χ1v) is 9.91. The van der Waals surface area contributed by atoms with Crippen LogP contribution in [0.4, 0.5) is 0 Å². The number of fused-ring (bicyclic) bond motifs is 1. The van der Waals surface area contributed by atoms with Gasteiger partial charge in [0.25, 0.3) is 5.91 Å². The van der Waals surface area contributed by atoms with Crippen molar-refractivity contribution in [1.29, 1.82) is 0 Å². The number of hydrogen-bond donors (Lipinski definition) is 0. The van der Waals surface area contributed by atoms with E-state index in [0.29, 0.717) is 10.4 Å². The summed E-state index contributed by atoms with van der Waals surface area (Å²) in [4.78, 5) is 18.6. The third-order valence-corrected chi connectivity index (χ3v) is 5.96. The second-order valence-corrected chi connectivity index (χ2v) is 7.78. The van der Waals surface area contributed by atoms with Crippen molar-refractivity contribution in [3.05, 3.63) is 46.8 Å². The van der Waals surface area contributed by atoms with Gasteiger partial charge in [0, 0.05) is 17.5 Å². The summed E-state index contributed by atoms with van der Waals surface area (Å²) < 4.78 is 13.6. The number of aromatic nitrogens is 1. The Kier molecular flexibility index (Phi) is 5.68. The minimum Gasteiger partial charge on any atom is -0.495 e. The van der Waals surface area contributed by atoms with Gasteiger partial charge in [-0.25, -0.2) is 0 Å². The first-order valence-electron chi connectivity index (χ1n) is 8.11. The van der Waals surface area contributed by atoms with Crippen LogP contribution in [0, 0.1) is 0 Å². The summed E-state index contributed by atoms with van der Waals surface area (Å²) in [5, 5.41) is 0. The lowest BCUT2D eigenvalue weighted by atomic mass is 10.2. The highest BCUT2D eigenvalue weighted by atomic mass is 32.2. The molecule has 0 aliphatic heterocycles. The molecule has 136 valence electrons. The van der Waals surface area contributed by atoms with E-state index in [1.54, 1.807) is 26.0 Å². The SMILES string of the molecule is CCSc1ccc(C(=O)N=c2sc3c(OC)ccc(OC)c3n2C)cc1. The molecule has 0 bridgehead atoms. The van der Waals surface area contributed by atoms with Crippen molar-refractivity contribution in [2.24, 2.45) is 12.0 Å². The normalized spacial score (nSPS) is 11.8. The van der Waals surface area contributed by atoms with Crippen LogP contribution in [0.2, 0.25) is 0 Å². The number of hydrogen-bond acceptors (Lipinski definition) is 5. The van der Waals surface area contributed by atoms with Crippen LogP contribution >= 0.6 is 23.1 Å². The fourth-order valence-electron chi connectivity index (χ4n) is 2.64. The lowest BCUT2D eigenvalue weighted by Gasteiger charge is -2.06. The number of aryl methyl sites for hydroxylation is 1. The number of thioether (sulfide) groups is 1. The summed E-state index contributed by atoms with van der Waals surface area (Å²) in [6, 6.07) is 11.2. The van der Waals surface area contributed by atoms with E-state index >= 15 is 0 Å². The van der Waals surface area contributed by atoms with Crippen molar-refractivity contribution in [3.63, 3.8) is 0 Å². The van der Waals surface area contributed by atoms with E-state index < -0.39 is 0 Å². The average molecular weight is 389 g/mol. The quantitative estimate of drug-likeness (QED) is 0.617. The van der Waals surface area contributed by atoms with Crippen molar-refractivity contribution in [1.82, 2.24) is 4.57 Å². The highest BCUT2D eigenvalue weighted by molar-refractivity contribution is 7.99. The highest BCUT2D eigenvalue weighted by Crippen LogP contribution is 2.34. The monoisotopic (exact) mass is 388 g/mol. The van der Waals surface area contributed by atoms with Gasteiger partial charge in [0.15, 0.2) is 4.80 Å². The molecule has 1 amide bonds. The first-order chi connectivity index (χ1) is 12.6. The summed E-state index contributed by atoms with van der Waals surface area (Å²) in [6.45, 7) is 2.10. The Balaban J connectivity index is 2.06. The number of ether oxygens (including phenoxy) is 2. The Hall–Kier alpha value is -2.25. The third-order valence-electron chi connectivity index (χ3n) is 3.92. The molecule has 1 aromatic heterocycles. The molecule has 0 spiro atoms. The predicted octanol–water partition coefficient (Wildman–Crippen LogP) is 4.11. The molecule has 0 radical (unpaired) electrons. The second-order valence-electron chi connectivity index (χ2n) is 5.47. The molecule has 0 fully saturated rings. The van der Waals surface area contributed by atoms with Gasteiger partial charge >= 0.3 is 0 Å². The Bertz CT molecular complexity index is 1000. The second kappa shape index (κ2) is 7.97. The zero-order valence-corrected chi connectivity index (χ0v) is 16.7. The Morgan fingerprint density at radius 3 is 2.38 bits per heavy atom. The van der Waals surface area contributed by atoms with Crippen LogP contribution < -0.4 is 14.3 Å². The van der Waals surface area contributed by atoms with Crippen molar-refractivity contribution in [3.8, 4) is 11.5 Å². The van der Waals surface area contributed by atoms with Gasteiger partial charge in [-0.3, -0.25) is 4.79 Å². The smallest absolute Gasteiger partial charge is 0.279 e. The molecule has 0 unspecified atom stereocenters. The highest BCUT2D eigenvalue weighted by Gasteiger charge is 2.14. The largest absolute Gasteiger partial charge is 0.495 e. The van der Waals surface area contributed by atoms with Gasteiger partial charge in [-0.2, -0.15) is 4.99 Å². The van der Waals surface area contributed by atoms with Crippen LogP contribution in [0.15, 0.2) is 46.3 Å². The first kappa shape index (κ1) is 18.5. The maximum absolute atomic E-state index is 12.6. The molecule has 0 aliphatic carbocycles. The van der Waals surface area contributed by atoms with Gasteiger partial charge in [-0.15, -0.1) is 11.8 Å². The molecule has 0 saturated carbocycles. The summed E-state index contributed by atoms with van der Waals surface area (Å²) in [5.41, 5.74) is 1.43. The van der Waals surface area contributed by atoms with E-state index in [1.165, 1.54) is 11.3 Å². The maximum Gasteiger partial charge on any atom is 0.279 e. The number of carbonyl (C=O) groups excluding carboxylic acids is 1. The fourth-order valence-corrected chi connectivity index (χ4v) is 4.43. The summed E-state index contributed by atoms with van der Waals surface area (Å²) in [5.74, 6) is 2.18. The molecule has 0 aliphatic rings. The van der Waals surface area contributed by atoms with Crippen LogP contribution in [0.25, 0.3) is 10.2 Å².